The second kappa shape index (κ2) is 5.58. The van der Waals surface area contributed by atoms with E-state index >= 15 is 0 Å². The third-order valence-electron chi connectivity index (χ3n) is 4.26. The molecule has 2 aliphatic rings. The summed E-state index contributed by atoms with van der Waals surface area (Å²) in [6.45, 7) is 0.531. The van der Waals surface area contributed by atoms with Crippen LogP contribution in [0.5, 0.6) is 0 Å². The van der Waals surface area contributed by atoms with Crippen LogP contribution in [0.4, 0.5) is 8.78 Å². The lowest BCUT2D eigenvalue weighted by molar-refractivity contribution is -0.119. The van der Waals surface area contributed by atoms with Gasteiger partial charge < -0.3 is 5.32 Å². The molecule has 0 bridgehead atoms. The average Bonchev–Trinajstić information content (AvgIpc) is 2.81. The summed E-state index contributed by atoms with van der Waals surface area (Å²) in [5.41, 5.74) is -0.0565. The molecule has 0 saturated carbocycles. The smallest absolute Gasteiger partial charge is 0.220 e. The Morgan fingerprint density at radius 3 is 2.82 bits per heavy atom. The first-order valence-electron chi connectivity index (χ1n) is 7.06. The van der Waals surface area contributed by atoms with Crippen LogP contribution in [-0.4, -0.2) is 37.8 Å². The van der Waals surface area contributed by atoms with Crippen molar-refractivity contribution in [3.05, 3.63) is 35.4 Å². The molecule has 1 aromatic carbocycles. The van der Waals surface area contributed by atoms with Crippen LogP contribution in [0, 0.1) is 17.6 Å². The highest BCUT2D eigenvalue weighted by atomic mass is 32.2. The SMILES string of the molecule is O=C1C[C@H]2CCN(S(=O)(=O)Cc3ccc(F)cc3F)C[C@H]2N1. The normalized spacial score (nSPS) is 25.8. The van der Waals surface area contributed by atoms with Gasteiger partial charge in [-0.05, 0) is 18.4 Å². The molecule has 1 N–H and O–H groups in total. The Labute approximate surface area is 127 Å². The molecule has 0 spiro atoms. The van der Waals surface area contributed by atoms with E-state index in [1.807, 2.05) is 0 Å². The number of piperidine rings is 1. The Morgan fingerprint density at radius 1 is 1.32 bits per heavy atom. The molecule has 1 aromatic rings. The van der Waals surface area contributed by atoms with Crippen LogP contribution < -0.4 is 5.32 Å². The zero-order valence-electron chi connectivity index (χ0n) is 11.8. The van der Waals surface area contributed by atoms with Crippen LogP contribution in [0.1, 0.15) is 18.4 Å². The maximum Gasteiger partial charge on any atom is 0.220 e. The lowest BCUT2D eigenvalue weighted by Crippen LogP contribution is -2.49. The number of sulfonamides is 1. The van der Waals surface area contributed by atoms with E-state index in [1.165, 1.54) is 4.31 Å². The molecular weight excluding hydrogens is 314 g/mol. The van der Waals surface area contributed by atoms with Crippen LogP contribution in [0.3, 0.4) is 0 Å². The Bertz CT molecular complexity index is 708. The molecule has 2 fully saturated rings. The van der Waals surface area contributed by atoms with E-state index in [9.17, 15) is 22.0 Å². The summed E-state index contributed by atoms with van der Waals surface area (Å²) in [5, 5.41) is 2.77. The van der Waals surface area contributed by atoms with Crippen LogP contribution >= 0.6 is 0 Å². The molecule has 1 amide bonds. The summed E-state index contributed by atoms with van der Waals surface area (Å²) < 4.78 is 52.6. The number of amides is 1. The number of carbonyl (C=O) groups excluding carboxylic acids is 1. The molecule has 120 valence electrons. The van der Waals surface area contributed by atoms with Crippen LogP contribution in [0.2, 0.25) is 0 Å². The monoisotopic (exact) mass is 330 g/mol. The molecule has 0 unspecified atom stereocenters. The highest BCUT2D eigenvalue weighted by Gasteiger charge is 2.40. The lowest BCUT2D eigenvalue weighted by Gasteiger charge is -2.33. The Balaban J connectivity index is 1.74. The second-order valence-electron chi connectivity index (χ2n) is 5.78. The molecular formula is C14H16F2N2O3S. The van der Waals surface area contributed by atoms with Gasteiger partial charge in [-0.1, -0.05) is 6.07 Å². The minimum Gasteiger partial charge on any atom is -0.352 e. The van der Waals surface area contributed by atoms with Crippen molar-refractivity contribution >= 4 is 15.9 Å². The van der Waals surface area contributed by atoms with Gasteiger partial charge in [0.05, 0.1) is 5.75 Å². The summed E-state index contributed by atoms with van der Waals surface area (Å²) in [4.78, 5) is 11.4. The molecule has 2 saturated heterocycles. The van der Waals surface area contributed by atoms with Gasteiger partial charge in [0, 0.05) is 37.2 Å². The third kappa shape index (κ3) is 2.98. The maximum absolute atomic E-state index is 13.6. The molecule has 2 atom stereocenters. The zero-order valence-corrected chi connectivity index (χ0v) is 12.6. The van der Waals surface area contributed by atoms with Crippen LogP contribution in [0.15, 0.2) is 18.2 Å². The molecule has 5 nitrogen and oxygen atoms in total. The minimum atomic E-state index is -3.71. The van der Waals surface area contributed by atoms with E-state index in [2.05, 4.69) is 5.32 Å². The number of halogens is 2. The topological polar surface area (TPSA) is 66.5 Å². The van der Waals surface area contributed by atoms with Gasteiger partial charge in [0.2, 0.25) is 15.9 Å². The standard InChI is InChI=1S/C14H16F2N2O3S/c15-11-2-1-10(12(16)6-11)8-22(20,21)18-4-3-9-5-14(19)17-13(9)7-18/h1-2,6,9,13H,3-5,7-8H2,(H,17,19)/t9-,13-/m1/s1. The minimum absolute atomic E-state index is 0.0565. The Kier molecular flexibility index (Phi) is 3.90. The first-order chi connectivity index (χ1) is 10.3. The average molecular weight is 330 g/mol. The van der Waals surface area contributed by atoms with E-state index in [0.717, 1.165) is 12.1 Å². The Hall–Kier alpha value is -1.54. The molecule has 2 heterocycles. The number of nitrogens with zero attached hydrogens (tertiary/aromatic N) is 1. The van der Waals surface area contributed by atoms with Crippen molar-refractivity contribution < 1.29 is 22.0 Å². The van der Waals surface area contributed by atoms with Crippen molar-refractivity contribution in [2.45, 2.75) is 24.6 Å². The molecule has 3 rings (SSSR count). The number of benzene rings is 1. The lowest BCUT2D eigenvalue weighted by atomic mass is 9.94. The van der Waals surface area contributed by atoms with Gasteiger partial charge >= 0.3 is 0 Å². The van der Waals surface area contributed by atoms with E-state index < -0.39 is 27.4 Å². The van der Waals surface area contributed by atoms with Gasteiger partial charge in [0.1, 0.15) is 11.6 Å². The number of carbonyl (C=O) groups is 1. The molecule has 0 radical (unpaired) electrons. The first-order valence-corrected chi connectivity index (χ1v) is 8.67. The highest BCUT2D eigenvalue weighted by Crippen LogP contribution is 2.28. The summed E-state index contributed by atoms with van der Waals surface area (Å²) in [6.07, 6.45) is 1.04. The van der Waals surface area contributed by atoms with Crippen molar-refractivity contribution in [1.29, 1.82) is 0 Å². The quantitative estimate of drug-likeness (QED) is 0.899. The van der Waals surface area contributed by atoms with E-state index in [-0.39, 0.29) is 30.0 Å². The molecule has 0 aliphatic carbocycles. The highest BCUT2D eigenvalue weighted by molar-refractivity contribution is 7.88. The summed E-state index contributed by atoms with van der Waals surface area (Å²) in [7, 11) is -3.71. The second-order valence-corrected chi connectivity index (χ2v) is 7.75. The van der Waals surface area contributed by atoms with Crippen molar-refractivity contribution in [2.24, 2.45) is 5.92 Å². The van der Waals surface area contributed by atoms with Gasteiger partial charge in [0.25, 0.3) is 0 Å². The summed E-state index contributed by atoms with van der Waals surface area (Å²) >= 11 is 0. The van der Waals surface area contributed by atoms with Crippen molar-refractivity contribution in [3.63, 3.8) is 0 Å². The maximum atomic E-state index is 13.6. The van der Waals surface area contributed by atoms with E-state index in [1.54, 1.807) is 0 Å². The fraction of sp³-hybridized carbons (Fsp3) is 0.500. The fourth-order valence-electron chi connectivity index (χ4n) is 3.06. The largest absolute Gasteiger partial charge is 0.352 e. The van der Waals surface area contributed by atoms with Gasteiger partial charge in [-0.15, -0.1) is 0 Å². The van der Waals surface area contributed by atoms with Gasteiger partial charge in [0.15, 0.2) is 0 Å². The van der Waals surface area contributed by atoms with Crippen LogP contribution in [-0.2, 0) is 20.6 Å². The number of fused-ring (bicyclic) bond motifs is 1. The predicted molar refractivity (Wildman–Crippen MR) is 75.2 cm³/mol. The first kappa shape index (κ1) is 15.4. The van der Waals surface area contributed by atoms with Gasteiger partial charge in [-0.3, -0.25) is 4.79 Å². The number of nitrogens with one attached hydrogen (secondary N) is 1. The van der Waals surface area contributed by atoms with E-state index in [0.29, 0.717) is 25.5 Å². The van der Waals surface area contributed by atoms with Crippen molar-refractivity contribution in [3.8, 4) is 0 Å². The summed E-state index contributed by atoms with van der Waals surface area (Å²) in [5.74, 6) is -2.01. The summed E-state index contributed by atoms with van der Waals surface area (Å²) in [6, 6.07) is 2.69. The van der Waals surface area contributed by atoms with Crippen molar-refractivity contribution in [2.75, 3.05) is 13.1 Å². The molecule has 8 heteroatoms. The zero-order chi connectivity index (χ0) is 15.9. The van der Waals surface area contributed by atoms with Crippen LogP contribution in [0.25, 0.3) is 0 Å². The Morgan fingerprint density at radius 2 is 2.09 bits per heavy atom. The van der Waals surface area contributed by atoms with E-state index in [4.69, 9.17) is 0 Å². The fourth-order valence-corrected chi connectivity index (χ4v) is 4.64. The molecule has 2 aliphatic heterocycles. The number of hydrogen-bond acceptors (Lipinski definition) is 3. The molecule has 22 heavy (non-hydrogen) atoms. The van der Waals surface area contributed by atoms with Gasteiger partial charge in [-0.2, -0.15) is 4.31 Å². The number of hydrogen-bond donors (Lipinski definition) is 1. The third-order valence-corrected chi connectivity index (χ3v) is 6.05. The predicted octanol–water partition coefficient (Wildman–Crippen LogP) is 1.01. The van der Waals surface area contributed by atoms with Gasteiger partial charge in [-0.25, -0.2) is 17.2 Å². The number of rotatable bonds is 3. The van der Waals surface area contributed by atoms with Crippen molar-refractivity contribution in [1.82, 2.24) is 9.62 Å². The molecule has 0 aromatic heterocycles.